The minimum absolute atomic E-state index is 0.362. The van der Waals surface area contributed by atoms with Gasteiger partial charge in [-0.05, 0) is 31.0 Å². The largest absolute Gasteiger partial charge is 0.310 e. The zero-order valence-electron chi connectivity index (χ0n) is 12.6. The Morgan fingerprint density at radius 3 is 2.50 bits per heavy atom. The second-order valence-electron chi connectivity index (χ2n) is 5.19. The summed E-state index contributed by atoms with van der Waals surface area (Å²) in [5.74, 6) is 0. The maximum Gasteiger partial charge on any atom is 0.0947 e. The van der Waals surface area contributed by atoms with Gasteiger partial charge in [0.2, 0.25) is 0 Å². The second kappa shape index (κ2) is 7.55. The van der Waals surface area contributed by atoms with Gasteiger partial charge in [0.25, 0.3) is 0 Å². The van der Waals surface area contributed by atoms with E-state index in [4.69, 9.17) is 0 Å². The fraction of sp³-hybridized carbons (Fsp3) is 0.471. The van der Waals surface area contributed by atoms with Crippen molar-refractivity contribution in [3.63, 3.8) is 0 Å². The average molecular weight is 288 g/mol. The van der Waals surface area contributed by atoms with Crippen molar-refractivity contribution < 1.29 is 0 Å². The third-order valence-electron chi connectivity index (χ3n) is 3.42. The van der Waals surface area contributed by atoms with Crippen LogP contribution in [0.1, 0.15) is 48.1 Å². The Hall–Kier alpha value is -1.19. The SMILES string of the molecule is CCCc1ccc(C(Cc2nc(C)cs2)NCC)cc1. The quantitative estimate of drug-likeness (QED) is 0.821. The molecule has 2 nitrogen and oxygen atoms in total. The Kier molecular flexibility index (Phi) is 5.74. The summed E-state index contributed by atoms with van der Waals surface area (Å²) in [5, 5.41) is 6.92. The lowest BCUT2D eigenvalue weighted by Crippen LogP contribution is -2.22. The summed E-state index contributed by atoms with van der Waals surface area (Å²) >= 11 is 1.76. The number of hydrogen-bond acceptors (Lipinski definition) is 3. The summed E-state index contributed by atoms with van der Waals surface area (Å²) in [6.07, 6.45) is 3.34. The van der Waals surface area contributed by atoms with Crippen LogP contribution in [0.15, 0.2) is 29.6 Å². The average Bonchev–Trinajstić information content (AvgIpc) is 2.85. The molecule has 0 fully saturated rings. The molecule has 0 spiro atoms. The fourth-order valence-corrected chi connectivity index (χ4v) is 3.25. The number of aromatic nitrogens is 1. The van der Waals surface area contributed by atoms with E-state index >= 15 is 0 Å². The third-order valence-corrected chi connectivity index (χ3v) is 4.41. The zero-order chi connectivity index (χ0) is 14.4. The third kappa shape index (κ3) is 4.15. The summed E-state index contributed by atoms with van der Waals surface area (Å²) in [6.45, 7) is 7.42. The van der Waals surface area contributed by atoms with Crippen LogP contribution < -0.4 is 5.32 Å². The molecule has 1 atom stereocenters. The highest BCUT2D eigenvalue weighted by atomic mass is 32.1. The first kappa shape index (κ1) is 15.2. The lowest BCUT2D eigenvalue weighted by molar-refractivity contribution is 0.548. The molecule has 0 bridgehead atoms. The van der Waals surface area contributed by atoms with Crippen molar-refractivity contribution in [1.82, 2.24) is 10.3 Å². The maximum atomic E-state index is 4.58. The maximum absolute atomic E-state index is 4.58. The molecule has 1 N–H and O–H groups in total. The predicted molar refractivity (Wildman–Crippen MR) is 87.4 cm³/mol. The molecule has 2 rings (SSSR count). The summed E-state index contributed by atoms with van der Waals surface area (Å²) in [6, 6.07) is 9.41. The lowest BCUT2D eigenvalue weighted by Gasteiger charge is -2.17. The minimum atomic E-state index is 0.362. The number of benzene rings is 1. The first-order valence-corrected chi connectivity index (χ1v) is 8.34. The predicted octanol–water partition coefficient (Wildman–Crippen LogP) is 4.30. The second-order valence-corrected chi connectivity index (χ2v) is 6.13. The summed E-state index contributed by atoms with van der Waals surface area (Å²) in [7, 11) is 0. The van der Waals surface area contributed by atoms with Gasteiger partial charge in [0.05, 0.1) is 5.01 Å². The number of nitrogens with one attached hydrogen (secondary N) is 1. The van der Waals surface area contributed by atoms with Crippen molar-refractivity contribution in [1.29, 1.82) is 0 Å². The number of rotatable bonds is 7. The molecule has 3 heteroatoms. The summed E-state index contributed by atoms with van der Waals surface area (Å²) in [4.78, 5) is 4.58. The van der Waals surface area contributed by atoms with Gasteiger partial charge < -0.3 is 5.32 Å². The molecule has 0 saturated heterocycles. The molecule has 1 aromatic heterocycles. The van der Waals surface area contributed by atoms with Gasteiger partial charge in [-0.25, -0.2) is 4.98 Å². The smallest absolute Gasteiger partial charge is 0.0947 e. The van der Waals surface area contributed by atoms with Gasteiger partial charge in [0.15, 0.2) is 0 Å². The Bertz CT molecular complexity index is 516. The van der Waals surface area contributed by atoms with Crippen LogP contribution in [0.2, 0.25) is 0 Å². The van der Waals surface area contributed by atoms with Gasteiger partial charge in [0.1, 0.15) is 0 Å². The van der Waals surface area contributed by atoms with Crippen molar-refractivity contribution in [3.8, 4) is 0 Å². The van der Waals surface area contributed by atoms with Crippen molar-refractivity contribution in [2.24, 2.45) is 0 Å². The molecule has 0 amide bonds. The van der Waals surface area contributed by atoms with Crippen LogP contribution in [0.4, 0.5) is 0 Å². The Balaban J connectivity index is 2.10. The van der Waals surface area contributed by atoms with E-state index < -0.39 is 0 Å². The van der Waals surface area contributed by atoms with Gasteiger partial charge >= 0.3 is 0 Å². The molecule has 1 unspecified atom stereocenters. The fourth-order valence-electron chi connectivity index (χ4n) is 2.43. The van der Waals surface area contributed by atoms with E-state index in [1.807, 2.05) is 0 Å². The number of nitrogens with zero attached hydrogens (tertiary/aromatic N) is 1. The van der Waals surface area contributed by atoms with Gasteiger partial charge in [-0.1, -0.05) is 44.5 Å². The first-order valence-electron chi connectivity index (χ1n) is 7.46. The lowest BCUT2D eigenvalue weighted by atomic mass is 10.0. The minimum Gasteiger partial charge on any atom is -0.310 e. The molecular formula is C17H24N2S. The highest BCUT2D eigenvalue weighted by molar-refractivity contribution is 7.09. The van der Waals surface area contributed by atoms with Gasteiger partial charge in [-0.2, -0.15) is 0 Å². The molecule has 0 aliphatic carbocycles. The van der Waals surface area contributed by atoms with E-state index in [1.165, 1.54) is 22.6 Å². The highest BCUT2D eigenvalue weighted by Crippen LogP contribution is 2.21. The van der Waals surface area contributed by atoms with E-state index in [0.29, 0.717) is 6.04 Å². The Morgan fingerprint density at radius 2 is 1.95 bits per heavy atom. The van der Waals surface area contributed by atoms with Crippen molar-refractivity contribution in [3.05, 3.63) is 51.5 Å². The number of hydrogen-bond donors (Lipinski definition) is 1. The standard InChI is InChI=1S/C17H24N2S/c1-4-6-14-7-9-15(10-8-14)16(18-5-2)11-17-19-13(3)12-20-17/h7-10,12,16,18H,4-6,11H2,1-3H3. The number of aryl methyl sites for hydroxylation is 2. The molecular weight excluding hydrogens is 264 g/mol. The van der Waals surface area contributed by atoms with Crippen molar-refractivity contribution in [2.75, 3.05) is 6.54 Å². The first-order chi connectivity index (χ1) is 9.72. The van der Waals surface area contributed by atoms with Crippen LogP contribution in [0.3, 0.4) is 0 Å². The molecule has 0 radical (unpaired) electrons. The van der Waals surface area contributed by atoms with Crippen LogP contribution in [0.5, 0.6) is 0 Å². The van der Waals surface area contributed by atoms with Gasteiger partial charge in [-0.3, -0.25) is 0 Å². The van der Waals surface area contributed by atoms with E-state index in [-0.39, 0.29) is 0 Å². The number of likely N-dealkylation sites (N-methyl/N-ethyl adjacent to an activating group) is 1. The van der Waals surface area contributed by atoms with E-state index in [0.717, 1.165) is 25.1 Å². The topological polar surface area (TPSA) is 24.9 Å². The molecule has 108 valence electrons. The van der Waals surface area contributed by atoms with E-state index in [2.05, 4.69) is 60.7 Å². The summed E-state index contributed by atoms with van der Waals surface area (Å²) in [5.41, 5.74) is 3.91. The van der Waals surface area contributed by atoms with E-state index in [1.54, 1.807) is 11.3 Å². The van der Waals surface area contributed by atoms with E-state index in [9.17, 15) is 0 Å². The molecule has 2 aromatic rings. The van der Waals surface area contributed by atoms with Crippen LogP contribution in [-0.2, 0) is 12.8 Å². The molecule has 1 heterocycles. The van der Waals surface area contributed by atoms with Crippen molar-refractivity contribution in [2.45, 2.75) is 46.1 Å². The molecule has 0 saturated carbocycles. The highest BCUT2D eigenvalue weighted by Gasteiger charge is 2.13. The number of thiazole rings is 1. The molecule has 0 aliphatic heterocycles. The Labute approximate surface area is 126 Å². The molecule has 0 aliphatic rings. The monoisotopic (exact) mass is 288 g/mol. The zero-order valence-corrected chi connectivity index (χ0v) is 13.5. The van der Waals surface area contributed by atoms with Crippen LogP contribution in [0.25, 0.3) is 0 Å². The van der Waals surface area contributed by atoms with Crippen LogP contribution >= 0.6 is 11.3 Å². The van der Waals surface area contributed by atoms with Gasteiger partial charge in [-0.15, -0.1) is 11.3 Å². The molecule has 20 heavy (non-hydrogen) atoms. The summed E-state index contributed by atoms with van der Waals surface area (Å²) < 4.78 is 0. The normalized spacial score (nSPS) is 12.6. The molecule has 1 aromatic carbocycles. The van der Waals surface area contributed by atoms with Gasteiger partial charge in [0, 0.05) is 23.5 Å². The van der Waals surface area contributed by atoms with Crippen LogP contribution in [-0.4, -0.2) is 11.5 Å². The van der Waals surface area contributed by atoms with Crippen LogP contribution in [0, 0.1) is 6.92 Å². The Morgan fingerprint density at radius 1 is 1.20 bits per heavy atom. The van der Waals surface area contributed by atoms with Crippen molar-refractivity contribution >= 4 is 11.3 Å².